The zero-order valence-electron chi connectivity index (χ0n) is 24.4. The highest BCUT2D eigenvalue weighted by Gasteiger charge is 2.77. The lowest BCUT2D eigenvalue weighted by molar-refractivity contribution is -0.155. The second kappa shape index (κ2) is 8.96. The zero-order valence-corrected chi connectivity index (χ0v) is 24.4. The molecule has 8 heteroatoms. The van der Waals surface area contributed by atoms with Gasteiger partial charge in [0.2, 0.25) is 23.6 Å². The Labute approximate surface area is 239 Å². The van der Waals surface area contributed by atoms with Crippen LogP contribution in [-0.2, 0) is 28.7 Å². The van der Waals surface area contributed by atoms with Crippen molar-refractivity contribution in [3.63, 3.8) is 0 Å². The fourth-order valence-corrected chi connectivity index (χ4v) is 8.40. The Balaban J connectivity index is 1.55. The Morgan fingerprint density at radius 1 is 0.732 bits per heavy atom. The predicted molar refractivity (Wildman–Crippen MR) is 152 cm³/mol. The number of imide groups is 2. The number of rotatable bonds is 4. The van der Waals surface area contributed by atoms with E-state index in [-0.39, 0.29) is 12.2 Å². The summed E-state index contributed by atoms with van der Waals surface area (Å²) in [7, 11) is 0. The summed E-state index contributed by atoms with van der Waals surface area (Å²) in [6.45, 7) is 12.8. The normalized spacial score (nSPS) is 30.4. The SMILES string of the molecule is CCOC(=O)C1=C(C)C2[C@@H]3C(=O)N(c4ccc(C)cc4C)C(=O)[C@@H]3C1(C)[C@H]1C(=O)N(c3ccc(C)cc3C)C(=O)[C@@H]21. The molecule has 3 fully saturated rings. The lowest BCUT2D eigenvalue weighted by atomic mass is 9.43. The van der Waals surface area contributed by atoms with Gasteiger partial charge in [-0.3, -0.25) is 19.2 Å². The van der Waals surface area contributed by atoms with Crippen LogP contribution in [0.2, 0.25) is 0 Å². The minimum atomic E-state index is -1.42. The molecule has 212 valence electrons. The standard InChI is InChI=1S/C33H34N2O6/c1-8-41-32(40)25-19(6)22-23-26(30(38)34(28(23)36)20-11-9-15(2)13-17(20)4)33(25,7)27-24(22)29(37)35(31(27)39)21-12-10-16(3)14-18(21)5/h9-14,22-24,26-27H,8H2,1-7H3/t22?,23-,24-,26+,27+,33?/m0/s1. The van der Waals surface area contributed by atoms with E-state index in [1.165, 1.54) is 9.80 Å². The van der Waals surface area contributed by atoms with E-state index in [2.05, 4.69) is 0 Å². The molecular weight excluding hydrogens is 520 g/mol. The van der Waals surface area contributed by atoms with Crippen molar-refractivity contribution >= 4 is 41.0 Å². The third-order valence-corrected chi connectivity index (χ3v) is 9.87. The van der Waals surface area contributed by atoms with Crippen LogP contribution in [0, 0.1) is 62.7 Å². The van der Waals surface area contributed by atoms with Crippen LogP contribution in [-0.4, -0.2) is 36.2 Å². The van der Waals surface area contributed by atoms with Gasteiger partial charge in [-0.2, -0.15) is 0 Å². The summed E-state index contributed by atoms with van der Waals surface area (Å²) in [6, 6.07) is 11.0. The molecule has 0 aromatic heterocycles. The number of allylic oxidation sites excluding steroid dienone is 1. The van der Waals surface area contributed by atoms with Crippen LogP contribution in [0.25, 0.3) is 0 Å². The van der Waals surface area contributed by atoms with Crippen LogP contribution in [0.3, 0.4) is 0 Å². The average Bonchev–Trinajstić information content (AvgIpc) is 3.31. The lowest BCUT2D eigenvalue weighted by Gasteiger charge is -2.55. The fourth-order valence-electron chi connectivity index (χ4n) is 8.40. The number of aryl methyl sites for hydroxylation is 4. The van der Waals surface area contributed by atoms with Crippen molar-refractivity contribution in [2.24, 2.45) is 35.0 Å². The highest BCUT2D eigenvalue weighted by molar-refractivity contribution is 6.28. The average molecular weight is 555 g/mol. The molecule has 2 bridgehead atoms. The summed E-state index contributed by atoms with van der Waals surface area (Å²) < 4.78 is 5.46. The first-order valence-corrected chi connectivity index (χ1v) is 14.1. The number of nitrogens with zero attached hydrogens (tertiary/aromatic N) is 2. The van der Waals surface area contributed by atoms with Gasteiger partial charge in [0, 0.05) is 16.9 Å². The molecule has 1 saturated carbocycles. The number of carbonyl (C=O) groups excluding carboxylic acids is 5. The van der Waals surface area contributed by atoms with Gasteiger partial charge in [-0.15, -0.1) is 0 Å². The van der Waals surface area contributed by atoms with E-state index in [0.29, 0.717) is 16.9 Å². The minimum Gasteiger partial charge on any atom is -0.463 e. The van der Waals surface area contributed by atoms with Crippen LogP contribution >= 0.6 is 0 Å². The van der Waals surface area contributed by atoms with Gasteiger partial charge < -0.3 is 4.74 Å². The highest BCUT2D eigenvalue weighted by atomic mass is 16.5. The highest BCUT2D eigenvalue weighted by Crippen LogP contribution is 2.69. The molecule has 7 rings (SSSR count). The number of amides is 4. The molecule has 2 aromatic carbocycles. The molecule has 8 nitrogen and oxygen atoms in total. The second-order valence-corrected chi connectivity index (χ2v) is 12.2. The molecule has 4 atom stereocenters. The van der Waals surface area contributed by atoms with Gasteiger partial charge in [-0.1, -0.05) is 47.9 Å². The minimum absolute atomic E-state index is 0.113. The summed E-state index contributed by atoms with van der Waals surface area (Å²) >= 11 is 0. The van der Waals surface area contributed by atoms with Gasteiger partial charge in [0.25, 0.3) is 0 Å². The third-order valence-electron chi connectivity index (χ3n) is 9.87. The number of hydrogen-bond acceptors (Lipinski definition) is 6. The Bertz CT molecular complexity index is 1520. The molecule has 2 aliphatic heterocycles. The molecular formula is C33H34N2O6. The van der Waals surface area contributed by atoms with E-state index in [9.17, 15) is 24.0 Å². The first-order valence-electron chi connectivity index (χ1n) is 14.1. The van der Waals surface area contributed by atoms with Crippen LogP contribution in [0.4, 0.5) is 11.4 Å². The van der Waals surface area contributed by atoms with Crippen molar-refractivity contribution in [1.29, 1.82) is 0 Å². The maximum Gasteiger partial charge on any atom is 0.334 e. The van der Waals surface area contributed by atoms with Crippen LogP contribution < -0.4 is 9.80 Å². The summed E-state index contributed by atoms with van der Waals surface area (Å²) in [5.74, 6) is -6.79. The van der Waals surface area contributed by atoms with Crippen molar-refractivity contribution in [3.05, 3.63) is 69.8 Å². The lowest BCUT2D eigenvalue weighted by Crippen LogP contribution is -2.61. The van der Waals surface area contributed by atoms with Gasteiger partial charge in [-0.25, -0.2) is 14.6 Å². The quantitative estimate of drug-likeness (QED) is 0.411. The van der Waals surface area contributed by atoms with E-state index < -0.39 is 64.6 Å². The van der Waals surface area contributed by atoms with E-state index in [4.69, 9.17) is 4.74 Å². The van der Waals surface area contributed by atoms with Crippen molar-refractivity contribution in [2.75, 3.05) is 16.4 Å². The molecule has 0 spiro atoms. The van der Waals surface area contributed by atoms with E-state index in [0.717, 1.165) is 22.3 Å². The van der Waals surface area contributed by atoms with Crippen molar-refractivity contribution in [1.82, 2.24) is 0 Å². The predicted octanol–water partition coefficient (Wildman–Crippen LogP) is 4.36. The first-order chi connectivity index (χ1) is 19.4. The maximum atomic E-state index is 14.4. The number of anilines is 2. The van der Waals surface area contributed by atoms with Crippen molar-refractivity contribution in [2.45, 2.75) is 48.5 Å². The van der Waals surface area contributed by atoms with Gasteiger partial charge in [0.05, 0.1) is 41.7 Å². The molecule has 2 aromatic rings. The van der Waals surface area contributed by atoms with Crippen molar-refractivity contribution < 1.29 is 28.7 Å². The van der Waals surface area contributed by atoms with Gasteiger partial charge >= 0.3 is 5.97 Å². The largest absolute Gasteiger partial charge is 0.463 e. The Hall–Kier alpha value is -4.07. The van der Waals surface area contributed by atoms with Gasteiger partial charge in [0.15, 0.2) is 0 Å². The Kier molecular flexibility index (Phi) is 5.93. The van der Waals surface area contributed by atoms with Crippen LogP contribution in [0.1, 0.15) is 43.0 Å². The first kappa shape index (κ1) is 27.1. The smallest absolute Gasteiger partial charge is 0.334 e. The van der Waals surface area contributed by atoms with Gasteiger partial charge in [-0.05, 0) is 64.8 Å². The molecule has 41 heavy (non-hydrogen) atoms. The zero-order chi connectivity index (χ0) is 29.7. The summed E-state index contributed by atoms with van der Waals surface area (Å²) in [5.41, 5.74) is 3.89. The van der Waals surface area contributed by atoms with E-state index in [1.807, 2.05) is 52.0 Å². The second-order valence-electron chi connectivity index (χ2n) is 12.2. The molecule has 0 radical (unpaired) electrons. The molecule has 2 heterocycles. The monoisotopic (exact) mass is 554 g/mol. The van der Waals surface area contributed by atoms with E-state index in [1.54, 1.807) is 32.9 Å². The van der Waals surface area contributed by atoms with Crippen LogP contribution in [0.5, 0.6) is 0 Å². The molecule has 3 aliphatic carbocycles. The number of benzene rings is 2. The summed E-state index contributed by atoms with van der Waals surface area (Å²) in [6.07, 6.45) is 0. The molecule has 0 N–H and O–H groups in total. The topological polar surface area (TPSA) is 101 Å². The van der Waals surface area contributed by atoms with E-state index >= 15 is 0 Å². The number of carbonyl (C=O) groups is 5. The number of hydrogen-bond donors (Lipinski definition) is 0. The maximum absolute atomic E-state index is 14.4. The Morgan fingerprint density at radius 3 is 1.56 bits per heavy atom. The fraction of sp³-hybridized carbons (Fsp3) is 0.424. The number of ether oxygens (including phenoxy) is 1. The molecule has 2 saturated heterocycles. The van der Waals surface area contributed by atoms with Gasteiger partial charge in [0.1, 0.15) is 0 Å². The molecule has 5 aliphatic rings. The summed E-state index contributed by atoms with van der Waals surface area (Å²) in [5, 5.41) is 0. The van der Waals surface area contributed by atoms with Crippen molar-refractivity contribution in [3.8, 4) is 0 Å². The van der Waals surface area contributed by atoms with Crippen LogP contribution in [0.15, 0.2) is 47.5 Å². The summed E-state index contributed by atoms with van der Waals surface area (Å²) in [4.78, 5) is 73.2. The molecule has 4 amide bonds. The Morgan fingerprint density at radius 2 is 1.17 bits per heavy atom. The molecule has 0 unspecified atom stereocenters. The number of esters is 1. The third kappa shape index (κ3) is 3.36.